The fraction of sp³-hybridized carbons (Fsp3) is 1.00. The van der Waals surface area contributed by atoms with Crippen molar-refractivity contribution in [3.63, 3.8) is 0 Å². The molecule has 9 saturated heterocycles. The number of aliphatic hydroxyl groups is 3. The maximum Gasteiger partial charge on any atom is 0.670 e. The van der Waals surface area contributed by atoms with Crippen molar-refractivity contribution >= 4 is 125 Å². The number of rotatable bonds is 11. The van der Waals surface area contributed by atoms with Gasteiger partial charge in [-0.05, 0) is 0 Å². The number of hydrogen-bond acceptors (Lipinski definition) is 33. The first kappa shape index (κ1) is 48.2. The molecule has 0 aromatic rings. The highest BCUT2D eigenvalue weighted by Crippen LogP contribution is 2.56. The molecule has 0 amide bonds. The minimum atomic E-state index is -6.04. The molecule has 9 aliphatic rings. The molecular formula is C13H40O33Si14. The molecule has 47 heteroatoms. The fourth-order valence-electron chi connectivity index (χ4n) is 6.57. The molecule has 9 heterocycles. The van der Waals surface area contributed by atoms with Crippen molar-refractivity contribution in [2.45, 2.75) is 24.2 Å². The van der Waals surface area contributed by atoms with Gasteiger partial charge in [0, 0.05) is 54.7 Å². The zero-order valence-corrected chi connectivity index (χ0v) is 45.9. The Bertz CT molecular complexity index is 1670. The number of aliphatic hydroxyl groups excluding tert-OH is 3. The topological polar surface area (TPSA) is 393 Å². The molecule has 0 aromatic heterocycles. The quantitative estimate of drug-likeness (QED) is 0.0891. The minimum absolute atomic E-state index is 0.361. The SMILES string of the molecule is CO[Si](O)(OC)O[Si]12O[Si](OC)(OC)CC[Si]3(O[Si](O)(CO)O[Si]4(O[Si](O)(CO)O[Si]5(CO)O[Si]6(O)O[Si]7(O5)O[Si]5(O[Si](O)(OC)O[Si](OC)(O5)C(C)[Si](O6)(O4)O1)O7)O3)O2. The van der Waals surface area contributed by atoms with E-state index in [1.165, 1.54) is 14.2 Å². The molecule has 33 nitrogen and oxygen atoms in total. The van der Waals surface area contributed by atoms with Gasteiger partial charge < -0.3 is 144 Å². The Labute approximate surface area is 353 Å². The second-order valence-corrected chi connectivity index (χ2v) is 51.8. The van der Waals surface area contributed by atoms with E-state index in [0.29, 0.717) is 0 Å². The van der Waals surface area contributed by atoms with Crippen LogP contribution in [-0.2, 0) is 105 Å². The molecule has 346 valence electrons. The zero-order chi connectivity index (χ0) is 43.8. The average molecular weight is 1120 g/mol. The van der Waals surface area contributed by atoms with Gasteiger partial charge in [0.2, 0.25) is 0 Å². The van der Waals surface area contributed by atoms with Gasteiger partial charge in [0.1, 0.15) is 18.7 Å². The van der Waals surface area contributed by atoms with Crippen molar-refractivity contribution in [1.29, 1.82) is 0 Å². The van der Waals surface area contributed by atoms with Crippen LogP contribution < -0.4 is 0 Å². The van der Waals surface area contributed by atoms with Crippen LogP contribution in [0.25, 0.3) is 0 Å². The highest BCUT2D eigenvalue weighted by molar-refractivity contribution is 7.06. The van der Waals surface area contributed by atoms with E-state index < -0.39 is 155 Å². The highest BCUT2D eigenvalue weighted by Gasteiger charge is 2.94. The monoisotopic (exact) mass is 1120 g/mol. The summed E-state index contributed by atoms with van der Waals surface area (Å²) in [6.07, 6.45) is -4.23. The molecule has 11 unspecified atom stereocenters. The van der Waals surface area contributed by atoms with Crippen LogP contribution in [0.4, 0.5) is 0 Å². The molecule has 5 spiro atoms. The lowest BCUT2D eigenvalue weighted by Gasteiger charge is -2.61. The van der Waals surface area contributed by atoms with E-state index >= 15 is 0 Å². The molecule has 0 aliphatic carbocycles. The average Bonchev–Trinajstić information content (AvgIpc) is 3.28. The molecule has 60 heavy (non-hydrogen) atoms. The second kappa shape index (κ2) is 15.4. The zero-order valence-electron chi connectivity index (χ0n) is 31.9. The second-order valence-electron chi connectivity index (χ2n) is 13.1. The summed E-state index contributed by atoms with van der Waals surface area (Å²) in [6.45, 7) is 1.16. The first-order chi connectivity index (χ1) is 27.8. The van der Waals surface area contributed by atoms with E-state index in [-0.39, 0.29) is 6.04 Å². The largest absolute Gasteiger partial charge is 0.670 e. The maximum atomic E-state index is 12.6. The van der Waals surface area contributed by atoms with Crippen LogP contribution in [0.3, 0.4) is 0 Å². The van der Waals surface area contributed by atoms with Crippen molar-refractivity contribution in [2.24, 2.45) is 0 Å². The van der Waals surface area contributed by atoms with Crippen LogP contribution >= 0.6 is 0 Å². The number of fused-ring (bicyclic) bond motifs is 2. The van der Waals surface area contributed by atoms with E-state index in [1.807, 2.05) is 0 Å². The molecule has 11 atom stereocenters. The van der Waals surface area contributed by atoms with E-state index in [9.17, 15) is 39.3 Å². The summed E-state index contributed by atoms with van der Waals surface area (Å²) in [6, 6.07) is -0.874. The lowest BCUT2D eigenvalue weighted by atomic mass is 10.9. The van der Waals surface area contributed by atoms with Gasteiger partial charge in [-0.1, -0.05) is 6.92 Å². The Morgan fingerprint density at radius 2 is 1.15 bits per heavy atom. The Kier molecular flexibility index (Phi) is 12.3. The van der Waals surface area contributed by atoms with Crippen molar-refractivity contribution in [1.82, 2.24) is 0 Å². The van der Waals surface area contributed by atoms with E-state index in [2.05, 4.69) is 0 Å². The Balaban J connectivity index is 1.48. The summed E-state index contributed by atoms with van der Waals surface area (Å²) in [5.74, 6) is 0. The van der Waals surface area contributed by atoms with Gasteiger partial charge >= 0.3 is 125 Å². The third-order valence-electron chi connectivity index (χ3n) is 9.28. The van der Waals surface area contributed by atoms with Crippen LogP contribution in [-0.4, -0.2) is 226 Å². The van der Waals surface area contributed by atoms with Crippen molar-refractivity contribution in [3.8, 4) is 0 Å². The standard InChI is InChI=1S/C13H40O33Si14/c1-13-52(24-4)37-55(20,27-7)43-60(39-52)45-59(46-60)36-51(12-16)29-48(18,11-15)31-57-30-47(17,10-14)28-50(34-57)9-8-49(22-2,23-3)33-58(35-50,42-54(19,25-5)26-6)41-53(13,40-57)38-56(21,32-51)44-59/h13-21H,8-12H2,1-7H3. The normalized spacial score (nSPS) is 53.4. The van der Waals surface area contributed by atoms with Gasteiger partial charge in [0.25, 0.3) is 0 Å². The van der Waals surface area contributed by atoms with Crippen LogP contribution in [0, 0.1) is 0 Å². The first-order valence-corrected chi connectivity index (χ1v) is 41.8. The minimum Gasteiger partial charge on any atom is -0.392 e. The molecule has 9 bridgehead atoms. The summed E-state index contributed by atoms with van der Waals surface area (Å²) in [5.41, 5.74) is 0. The van der Waals surface area contributed by atoms with Gasteiger partial charge in [-0.15, -0.1) is 0 Å². The van der Waals surface area contributed by atoms with E-state index in [0.717, 1.165) is 35.4 Å². The van der Waals surface area contributed by atoms with Crippen molar-refractivity contribution < 1.29 is 144 Å². The first-order valence-electron chi connectivity index (χ1n) is 16.9. The van der Waals surface area contributed by atoms with Crippen LogP contribution in [0.5, 0.6) is 0 Å². The maximum absolute atomic E-state index is 12.6. The molecule has 0 saturated carbocycles. The Morgan fingerprint density at radius 3 is 1.72 bits per heavy atom. The van der Waals surface area contributed by atoms with Crippen molar-refractivity contribution in [3.05, 3.63) is 0 Å². The van der Waals surface area contributed by atoms with Gasteiger partial charge in [0.15, 0.2) is 0 Å². The molecule has 0 radical (unpaired) electrons. The fourth-order valence-corrected chi connectivity index (χ4v) is 73.1. The highest BCUT2D eigenvalue weighted by atomic mass is 28.7. The molecule has 8 N–H and O–H groups in total. The predicted molar refractivity (Wildman–Crippen MR) is 195 cm³/mol. The summed E-state index contributed by atoms with van der Waals surface area (Å²) in [5, 5.41) is 30.5. The molecule has 9 aliphatic heterocycles. The van der Waals surface area contributed by atoms with Gasteiger partial charge in [-0.25, -0.2) is 0 Å². The third-order valence-corrected chi connectivity index (χ3v) is 62.0. The summed E-state index contributed by atoms with van der Waals surface area (Å²) < 4.78 is 150. The summed E-state index contributed by atoms with van der Waals surface area (Å²) in [7, 11) is -68.6. The molecule has 0 aromatic carbocycles. The van der Waals surface area contributed by atoms with Crippen LogP contribution in [0.15, 0.2) is 0 Å². The van der Waals surface area contributed by atoms with Crippen LogP contribution in [0.2, 0.25) is 17.3 Å². The lowest BCUT2D eigenvalue weighted by Crippen LogP contribution is -2.94. The number of hydrogen-bond donors (Lipinski definition) is 8. The Hall–Kier alpha value is 1.72. The predicted octanol–water partition coefficient (Wildman–Crippen LogP) is -8.60. The smallest absolute Gasteiger partial charge is 0.392 e. The molecule has 9 fully saturated rings. The summed E-state index contributed by atoms with van der Waals surface area (Å²) in [4.78, 5) is 60.1. The Morgan fingerprint density at radius 1 is 0.533 bits per heavy atom. The van der Waals surface area contributed by atoms with Gasteiger partial charge in [-0.2, -0.15) is 0 Å². The molecule has 9 rings (SSSR count). The van der Waals surface area contributed by atoms with Crippen LogP contribution in [0.1, 0.15) is 6.92 Å². The summed E-state index contributed by atoms with van der Waals surface area (Å²) >= 11 is 0. The molecular weight excluding hydrogens is 1080 g/mol. The third kappa shape index (κ3) is 7.87. The van der Waals surface area contributed by atoms with Gasteiger partial charge in [-0.3, -0.25) is 0 Å². The van der Waals surface area contributed by atoms with Crippen molar-refractivity contribution in [2.75, 3.05) is 61.3 Å². The van der Waals surface area contributed by atoms with E-state index in [4.69, 9.17) is 105 Å². The van der Waals surface area contributed by atoms with Gasteiger partial charge in [0.05, 0.1) is 5.16 Å². The van der Waals surface area contributed by atoms with E-state index in [1.54, 1.807) is 0 Å². The lowest BCUT2D eigenvalue weighted by molar-refractivity contribution is -0.128.